The van der Waals surface area contributed by atoms with E-state index in [0.717, 1.165) is 12.1 Å². The fourth-order valence-electron chi connectivity index (χ4n) is 3.62. The van der Waals surface area contributed by atoms with Gasteiger partial charge in [0.15, 0.2) is 0 Å². The Morgan fingerprint density at radius 2 is 1.80 bits per heavy atom. The molecule has 2 atom stereocenters. The van der Waals surface area contributed by atoms with Crippen molar-refractivity contribution in [3.8, 4) is 0 Å². The van der Waals surface area contributed by atoms with Crippen molar-refractivity contribution in [3.05, 3.63) is 65.2 Å². The Hall–Kier alpha value is -3.36. The first-order valence-corrected chi connectivity index (χ1v) is 9.21. The van der Waals surface area contributed by atoms with Gasteiger partial charge < -0.3 is 16.0 Å². The van der Waals surface area contributed by atoms with E-state index in [0.29, 0.717) is 11.3 Å². The Bertz CT molecular complexity index is 973. The summed E-state index contributed by atoms with van der Waals surface area (Å²) in [7, 11) is 1.53. The Balaban J connectivity index is 1.88. The summed E-state index contributed by atoms with van der Waals surface area (Å²) in [4.78, 5) is 37.9. The summed E-state index contributed by atoms with van der Waals surface area (Å²) in [5.74, 6) is -1.92. The summed E-state index contributed by atoms with van der Waals surface area (Å²) in [5.41, 5.74) is 5.47. The van der Waals surface area contributed by atoms with Crippen molar-refractivity contribution in [1.29, 1.82) is 0 Å². The first-order valence-electron chi connectivity index (χ1n) is 9.21. The number of benzene rings is 2. The number of carbonyl (C=O) groups excluding carboxylic acids is 3. The highest BCUT2D eigenvalue weighted by Gasteiger charge is 2.39. The molecule has 3 amide bonds. The second kappa shape index (κ2) is 8.17. The minimum absolute atomic E-state index is 0.146. The molecule has 2 aromatic carbocycles. The van der Waals surface area contributed by atoms with Gasteiger partial charge in [-0.15, -0.1) is 0 Å². The van der Waals surface area contributed by atoms with Gasteiger partial charge in [-0.25, -0.2) is 0 Å². The van der Waals surface area contributed by atoms with Crippen LogP contribution in [0.2, 0.25) is 0 Å². The Labute approximate surface area is 170 Å². The maximum atomic E-state index is 13.0. The van der Waals surface area contributed by atoms with E-state index in [4.69, 9.17) is 5.73 Å². The minimum atomic E-state index is -4.48. The molecule has 3 N–H and O–H groups in total. The molecule has 30 heavy (non-hydrogen) atoms. The fourth-order valence-corrected chi connectivity index (χ4v) is 3.62. The lowest BCUT2D eigenvalue weighted by atomic mass is 9.83. The van der Waals surface area contributed by atoms with Crippen LogP contribution in [0, 0.1) is 5.92 Å². The van der Waals surface area contributed by atoms with Crippen molar-refractivity contribution in [2.45, 2.75) is 25.1 Å². The molecule has 0 spiro atoms. The number of nitrogens with two attached hydrogens (primary N) is 1. The molecule has 158 valence electrons. The third-order valence-electron chi connectivity index (χ3n) is 5.19. The normalized spacial score (nSPS) is 19.5. The Kier molecular flexibility index (Phi) is 5.82. The minimum Gasteiger partial charge on any atom is -0.366 e. The molecule has 0 bridgehead atoms. The van der Waals surface area contributed by atoms with E-state index in [2.05, 4.69) is 5.32 Å². The quantitative estimate of drug-likeness (QED) is 0.796. The average Bonchev–Trinajstić information content (AvgIpc) is 2.69. The van der Waals surface area contributed by atoms with Crippen LogP contribution in [0.1, 0.15) is 40.4 Å². The zero-order chi connectivity index (χ0) is 22.1. The third-order valence-corrected chi connectivity index (χ3v) is 5.19. The highest BCUT2D eigenvalue weighted by Crippen LogP contribution is 2.38. The average molecular weight is 419 g/mol. The number of piperidine rings is 1. The fraction of sp³-hybridized carbons (Fsp3) is 0.286. The van der Waals surface area contributed by atoms with Crippen molar-refractivity contribution in [2.24, 2.45) is 11.7 Å². The molecule has 1 saturated heterocycles. The number of halogens is 3. The van der Waals surface area contributed by atoms with Crippen molar-refractivity contribution in [3.63, 3.8) is 0 Å². The third kappa shape index (κ3) is 4.45. The van der Waals surface area contributed by atoms with Crippen LogP contribution in [0.5, 0.6) is 0 Å². The number of rotatable bonds is 4. The number of nitrogens with zero attached hydrogens (tertiary/aromatic N) is 1. The molecule has 3 rings (SSSR count). The highest BCUT2D eigenvalue weighted by atomic mass is 19.4. The molecule has 1 aliphatic heterocycles. The molecule has 2 aromatic rings. The Morgan fingerprint density at radius 3 is 2.40 bits per heavy atom. The molecule has 1 aliphatic rings. The van der Waals surface area contributed by atoms with Gasteiger partial charge in [0.2, 0.25) is 17.7 Å². The number of hydrogen-bond donors (Lipinski definition) is 2. The summed E-state index contributed by atoms with van der Waals surface area (Å²) >= 11 is 0. The summed E-state index contributed by atoms with van der Waals surface area (Å²) in [6, 6.07) is 9.84. The number of nitrogens with one attached hydrogen (secondary N) is 1. The van der Waals surface area contributed by atoms with Crippen molar-refractivity contribution in [1.82, 2.24) is 4.90 Å². The van der Waals surface area contributed by atoms with E-state index in [9.17, 15) is 27.6 Å². The molecule has 0 saturated carbocycles. The van der Waals surface area contributed by atoms with E-state index in [1.807, 2.05) is 0 Å². The van der Waals surface area contributed by atoms with E-state index >= 15 is 0 Å². The van der Waals surface area contributed by atoms with Gasteiger partial charge in [0.25, 0.3) is 0 Å². The van der Waals surface area contributed by atoms with E-state index in [-0.39, 0.29) is 24.3 Å². The molecule has 0 radical (unpaired) electrons. The van der Waals surface area contributed by atoms with Crippen LogP contribution in [0.4, 0.5) is 18.9 Å². The predicted octanol–water partition coefficient (Wildman–Crippen LogP) is 3.35. The first-order chi connectivity index (χ1) is 14.1. The van der Waals surface area contributed by atoms with Gasteiger partial charge in [-0.1, -0.05) is 18.2 Å². The number of likely N-dealkylation sites (tertiary alicyclic amines) is 1. The molecule has 1 heterocycles. The van der Waals surface area contributed by atoms with Crippen LogP contribution in [0.15, 0.2) is 48.5 Å². The molecular formula is C21H20F3N3O3. The second-order valence-electron chi connectivity index (χ2n) is 7.15. The van der Waals surface area contributed by atoms with Crippen LogP contribution in [0.25, 0.3) is 0 Å². The van der Waals surface area contributed by atoms with Crippen molar-refractivity contribution in [2.75, 3.05) is 12.4 Å². The van der Waals surface area contributed by atoms with E-state index in [1.54, 1.807) is 12.1 Å². The van der Waals surface area contributed by atoms with Crippen LogP contribution in [-0.2, 0) is 15.8 Å². The van der Waals surface area contributed by atoms with Gasteiger partial charge in [0.05, 0.1) is 17.5 Å². The van der Waals surface area contributed by atoms with Gasteiger partial charge >= 0.3 is 6.18 Å². The van der Waals surface area contributed by atoms with Crippen molar-refractivity contribution < 1.29 is 27.6 Å². The SMILES string of the molecule is CN1C(=O)CCC(C(=O)Nc2cccc(C(N)=O)c2)C1c1ccc(C(F)(F)F)cc1. The molecule has 9 heteroatoms. The Morgan fingerprint density at radius 1 is 1.13 bits per heavy atom. The largest absolute Gasteiger partial charge is 0.416 e. The van der Waals surface area contributed by atoms with Gasteiger partial charge in [-0.2, -0.15) is 13.2 Å². The number of carbonyl (C=O) groups is 3. The van der Waals surface area contributed by atoms with Gasteiger partial charge in [-0.05, 0) is 42.3 Å². The highest BCUT2D eigenvalue weighted by molar-refractivity contribution is 5.97. The summed E-state index contributed by atoms with van der Waals surface area (Å²) < 4.78 is 38.6. The second-order valence-corrected chi connectivity index (χ2v) is 7.15. The molecule has 0 aliphatic carbocycles. The lowest BCUT2D eigenvalue weighted by Gasteiger charge is -2.38. The summed E-state index contributed by atoms with van der Waals surface area (Å²) in [5, 5.41) is 2.71. The van der Waals surface area contributed by atoms with Crippen LogP contribution >= 0.6 is 0 Å². The maximum Gasteiger partial charge on any atom is 0.416 e. The number of alkyl halides is 3. The summed E-state index contributed by atoms with van der Waals surface area (Å²) in [6.07, 6.45) is -4.09. The molecule has 2 unspecified atom stereocenters. The zero-order valence-corrected chi connectivity index (χ0v) is 16.1. The number of anilines is 1. The monoisotopic (exact) mass is 419 g/mol. The molecule has 6 nitrogen and oxygen atoms in total. The number of primary amides is 1. The van der Waals surface area contributed by atoms with Gasteiger partial charge in [-0.3, -0.25) is 14.4 Å². The number of amides is 3. The first kappa shape index (κ1) is 21.4. The lowest BCUT2D eigenvalue weighted by Crippen LogP contribution is -2.44. The van der Waals surface area contributed by atoms with Gasteiger partial charge in [0, 0.05) is 24.7 Å². The molecular weight excluding hydrogens is 399 g/mol. The molecule has 0 aromatic heterocycles. The molecule has 1 fully saturated rings. The number of hydrogen-bond acceptors (Lipinski definition) is 3. The zero-order valence-electron chi connectivity index (χ0n) is 16.1. The van der Waals surface area contributed by atoms with E-state index < -0.39 is 35.5 Å². The smallest absolute Gasteiger partial charge is 0.366 e. The standard InChI is InChI=1S/C21H20F3N3O3/c1-27-17(28)10-9-16(18(27)12-5-7-14(8-6-12)21(22,23)24)20(30)26-15-4-2-3-13(11-15)19(25)29/h2-8,11,16,18H,9-10H2,1H3,(H2,25,29)(H,26,30). The van der Waals surface area contributed by atoms with Crippen LogP contribution in [-0.4, -0.2) is 29.7 Å². The predicted molar refractivity (Wildman–Crippen MR) is 103 cm³/mol. The van der Waals surface area contributed by atoms with E-state index in [1.165, 1.54) is 36.2 Å². The maximum absolute atomic E-state index is 13.0. The van der Waals surface area contributed by atoms with Crippen LogP contribution < -0.4 is 11.1 Å². The van der Waals surface area contributed by atoms with Crippen LogP contribution in [0.3, 0.4) is 0 Å². The van der Waals surface area contributed by atoms with Gasteiger partial charge in [0.1, 0.15) is 0 Å². The van der Waals surface area contributed by atoms with Crippen molar-refractivity contribution >= 4 is 23.4 Å². The summed E-state index contributed by atoms with van der Waals surface area (Å²) in [6.45, 7) is 0. The lowest BCUT2D eigenvalue weighted by molar-refractivity contribution is -0.140. The topological polar surface area (TPSA) is 92.5 Å².